The number of halogens is 1. The van der Waals surface area contributed by atoms with E-state index in [1.807, 2.05) is 43.4 Å². The smallest absolute Gasteiger partial charge is 0.127 e. The molecule has 100 valence electrons. The van der Waals surface area contributed by atoms with E-state index in [1.165, 1.54) is 11.6 Å². The van der Waals surface area contributed by atoms with E-state index < -0.39 is 0 Å². The lowest BCUT2D eigenvalue weighted by molar-refractivity contribution is 0.325. The fourth-order valence-corrected chi connectivity index (χ4v) is 2.00. The summed E-state index contributed by atoms with van der Waals surface area (Å²) >= 11 is 0. The minimum absolute atomic E-state index is 0.137. The Hall–Kier alpha value is -1.87. The number of rotatable bonds is 5. The lowest BCUT2D eigenvalue weighted by Gasteiger charge is -2.17. The largest absolute Gasteiger partial charge is 0.399 e. The number of nitrogens with two attached hydrogens (primary N) is 1. The molecule has 2 aromatic rings. The molecule has 0 spiro atoms. The van der Waals surface area contributed by atoms with E-state index in [0.717, 1.165) is 24.2 Å². The maximum Gasteiger partial charge on any atom is 0.127 e. The third-order valence-corrected chi connectivity index (χ3v) is 3.16. The summed E-state index contributed by atoms with van der Waals surface area (Å²) in [5.41, 5.74) is 8.41. The Morgan fingerprint density at radius 3 is 2.42 bits per heavy atom. The first kappa shape index (κ1) is 13.6. The summed E-state index contributed by atoms with van der Waals surface area (Å²) in [4.78, 5) is 2.12. The van der Waals surface area contributed by atoms with Crippen molar-refractivity contribution in [3.05, 3.63) is 65.5 Å². The monoisotopic (exact) mass is 258 g/mol. The summed E-state index contributed by atoms with van der Waals surface area (Å²) in [7, 11) is 2.00. The molecule has 0 saturated carbocycles. The van der Waals surface area contributed by atoms with Crippen LogP contribution in [0.1, 0.15) is 11.1 Å². The van der Waals surface area contributed by atoms with Gasteiger partial charge < -0.3 is 10.6 Å². The van der Waals surface area contributed by atoms with Gasteiger partial charge in [-0.05, 0) is 37.2 Å². The third-order valence-electron chi connectivity index (χ3n) is 3.16. The number of hydrogen-bond donors (Lipinski definition) is 1. The molecule has 0 saturated heterocycles. The van der Waals surface area contributed by atoms with Crippen LogP contribution in [0.4, 0.5) is 10.1 Å². The highest BCUT2D eigenvalue weighted by Gasteiger charge is 2.05. The second kappa shape index (κ2) is 6.34. The number of anilines is 1. The van der Waals surface area contributed by atoms with Gasteiger partial charge in [0, 0.05) is 24.3 Å². The highest BCUT2D eigenvalue weighted by atomic mass is 19.1. The van der Waals surface area contributed by atoms with Crippen molar-refractivity contribution in [1.29, 1.82) is 0 Å². The van der Waals surface area contributed by atoms with Crippen molar-refractivity contribution < 1.29 is 4.39 Å². The molecule has 0 atom stereocenters. The van der Waals surface area contributed by atoms with Crippen LogP contribution in [0.15, 0.2) is 48.5 Å². The topological polar surface area (TPSA) is 29.3 Å². The summed E-state index contributed by atoms with van der Waals surface area (Å²) in [6, 6.07) is 14.8. The number of hydrogen-bond acceptors (Lipinski definition) is 2. The first-order valence-electron chi connectivity index (χ1n) is 6.41. The summed E-state index contributed by atoms with van der Waals surface area (Å²) in [5.74, 6) is -0.137. The van der Waals surface area contributed by atoms with Crippen molar-refractivity contribution in [3.8, 4) is 0 Å². The van der Waals surface area contributed by atoms with E-state index in [9.17, 15) is 4.39 Å². The average Bonchev–Trinajstić information content (AvgIpc) is 2.41. The van der Waals surface area contributed by atoms with Gasteiger partial charge in [0.15, 0.2) is 0 Å². The Balaban J connectivity index is 1.86. The van der Waals surface area contributed by atoms with E-state index >= 15 is 0 Å². The lowest BCUT2D eigenvalue weighted by atomic mass is 10.1. The minimum Gasteiger partial charge on any atom is -0.399 e. The van der Waals surface area contributed by atoms with Crippen LogP contribution in [0.5, 0.6) is 0 Å². The predicted octanol–water partition coefficient (Wildman–Crippen LogP) is 3.08. The second-order valence-corrected chi connectivity index (χ2v) is 4.82. The van der Waals surface area contributed by atoms with Gasteiger partial charge in [0.2, 0.25) is 0 Å². The molecule has 0 fully saturated rings. The van der Waals surface area contributed by atoms with Crippen LogP contribution in [0.2, 0.25) is 0 Å². The zero-order chi connectivity index (χ0) is 13.7. The van der Waals surface area contributed by atoms with Crippen molar-refractivity contribution >= 4 is 5.69 Å². The van der Waals surface area contributed by atoms with Gasteiger partial charge in [-0.25, -0.2) is 4.39 Å². The van der Waals surface area contributed by atoms with Gasteiger partial charge in [-0.2, -0.15) is 0 Å². The standard InChI is InChI=1S/C16H19FN2/c1-19(12-14-4-2-3-5-16(14)17)11-10-13-6-8-15(18)9-7-13/h2-9H,10-12,18H2,1H3. The van der Waals surface area contributed by atoms with Crippen LogP contribution in [0.3, 0.4) is 0 Å². The molecule has 19 heavy (non-hydrogen) atoms. The van der Waals surface area contributed by atoms with Crippen LogP contribution in [0, 0.1) is 5.82 Å². The molecule has 0 bridgehead atoms. The molecular formula is C16H19FN2. The normalized spacial score (nSPS) is 10.9. The zero-order valence-corrected chi connectivity index (χ0v) is 11.1. The Morgan fingerprint density at radius 1 is 1.05 bits per heavy atom. The molecule has 0 aliphatic rings. The Morgan fingerprint density at radius 2 is 1.74 bits per heavy atom. The minimum atomic E-state index is -0.137. The fraction of sp³-hybridized carbons (Fsp3) is 0.250. The average molecular weight is 258 g/mol. The number of likely N-dealkylation sites (N-methyl/N-ethyl adjacent to an activating group) is 1. The van der Waals surface area contributed by atoms with E-state index in [2.05, 4.69) is 4.90 Å². The molecule has 0 aliphatic heterocycles. The van der Waals surface area contributed by atoms with Crippen LogP contribution in [-0.4, -0.2) is 18.5 Å². The van der Waals surface area contributed by atoms with Crippen molar-refractivity contribution in [2.75, 3.05) is 19.3 Å². The van der Waals surface area contributed by atoms with Crippen molar-refractivity contribution in [3.63, 3.8) is 0 Å². The summed E-state index contributed by atoms with van der Waals surface area (Å²) < 4.78 is 13.5. The van der Waals surface area contributed by atoms with E-state index in [0.29, 0.717) is 6.54 Å². The van der Waals surface area contributed by atoms with E-state index in [-0.39, 0.29) is 5.82 Å². The van der Waals surface area contributed by atoms with Gasteiger partial charge in [-0.1, -0.05) is 30.3 Å². The summed E-state index contributed by atoms with van der Waals surface area (Å²) in [6.45, 7) is 1.51. The number of nitrogens with zero attached hydrogens (tertiary/aromatic N) is 1. The third kappa shape index (κ3) is 4.07. The number of nitrogen functional groups attached to an aromatic ring is 1. The molecule has 0 unspecified atom stereocenters. The molecule has 3 heteroatoms. The zero-order valence-electron chi connectivity index (χ0n) is 11.1. The lowest BCUT2D eigenvalue weighted by Crippen LogP contribution is -2.21. The SMILES string of the molecule is CN(CCc1ccc(N)cc1)Cc1ccccc1F. The van der Waals surface area contributed by atoms with Crippen LogP contribution < -0.4 is 5.73 Å². The van der Waals surface area contributed by atoms with E-state index in [1.54, 1.807) is 6.07 Å². The van der Waals surface area contributed by atoms with Gasteiger partial charge in [-0.3, -0.25) is 0 Å². The predicted molar refractivity (Wildman–Crippen MR) is 77.3 cm³/mol. The van der Waals surface area contributed by atoms with Crippen molar-refractivity contribution in [2.45, 2.75) is 13.0 Å². The van der Waals surface area contributed by atoms with Gasteiger partial charge >= 0.3 is 0 Å². The molecule has 2 rings (SSSR count). The van der Waals surface area contributed by atoms with Gasteiger partial charge in [0.05, 0.1) is 0 Å². The molecular weight excluding hydrogens is 239 g/mol. The molecule has 2 nitrogen and oxygen atoms in total. The quantitative estimate of drug-likeness (QED) is 0.835. The molecule has 0 heterocycles. The summed E-state index contributed by atoms with van der Waals surface area (Å²) in [6.07, 6.45) is 0.936. The maximum atomic E-state index is 13.5. The Kier molecular flexibility index (Phi) is 4.53. The molecule has 0 radical (unpaired) electrons. The Labute approximate surface area is 113 Å². The molecule has 2 aromatic carbocycles. The van der Waals surface area contributed by atoms with Crippen LogP contribution in [-0.2, 0) is 13.0 Å². The summed E-state index contributed by atoms with van der Waals surface area (Å²) in [5, 5.41) is 0. The van der Waals surface area contributed by atoms with Crippen LogP contribution in [0.25, 0.3) is 0 Å². The highest BCUT2D eigenvalue weighted by Crippen LogP contribution is 2.10. The van der Waals surface area contributed by atoms with Gasteiger partial charge in [-0.15, -0.1) is 0 Å². The second-order valence-electron chi connectivity index (χ2n) is 4.82. The maximum absolute atomic E-state index is 13.5. The first-order valence-corrected chi connectivity index (χ1v) is 6.41. The fourth-order valence-electron chi connectivity index (χ4n) is 2.00. The van der Waals surface area contributed by atoms with E-state index in [4.69, 9.17) is 5.73 Å². The molecule has 0 aromatic heterocycles. The number of benzene rings is 2. The molecule has 2 N–H and O–H groups in total. The molecule has 0 amide bonds. The molecule has 0 aliphatic carbocycles. The van der Waals surface area contributed by atoms with Crippen LogP contribution >= 0.6 is 0 Å². The first-order chi connectivity index (χ1) is 9.15. The van der Waals surface area contributed by atoms with Crippen molar-refractivity contribution in [2.24, 2.45) is 0 Å². The highest BCUT2D eigenvalue weighted by molar-refractivity contribution is 5.39. The Bertz CT molecular complexity index is 523. The van der Waals surface area contributed by atoms with Crippen molar-refractivity contribution in [1.82, 2.24) is 4.90 Å². The van der Waals surface area contributed by atoms with Gasteiger partial charge in [0.1, 0.15) is 5.82 Å². The van der Waals surface area contributed by atoms with Gasteiger partial charge in [0.25, 0.3) is 0 Å².